The van der Waals surface area contributed by atoms with E-state index in [0.29, 0.717) is 5.75 Å². The molecule has 0 fully saturated rings. The SMILES string of the molecule is O=S(=O)(O)CC(S)CS.[Na].[Na]. The van der Waals surface area contributed by atoms with Crippen molar-refractivity contribution in [2.24, 2.45) is 0 Å². The fraction of sp³-hybridized carbons (Fsp3) is 1.00. The van der Waals surface area contributed by atoms with Crippen LogP contribution in [0.1, 0.15) is 0 Å². The van der Waals surface area contributed by atoms with Crippen molar-refractivity contribution in [2.45, 2.75) is 5.25 Å². The predicted molar refractivity (Wildman–Crippen MR) is 54.6 cm³/mol. The minimum atomic E-state index is -3.86. The average Bonchev–Trinajstić information content (AvgIpc) is 1.62. The van der Waals surface area contributed by atoms with Gasteiger partial charge >= 0.3 is 0 Å². The molecule has 0 saturated heterocycles. The molecule has 58 valence electrons. The molecule has 0 aromatic heterocycles. The largest absolute Gasteiger partial charge is 0.286 e. The van der Waals surface area contributed by atoms with E-state index in [0.717, 1.165) is 0 Å². The second-order valence-corrected chi connectivity index (χ2v) is 4.18. The van der Waals surface area contributed by atoms with Crippen molar-refractivity contribution >= 4 is 94.5 Å². The van der Waals surface area contributed by atoms with Gasteiger partial charge in [-0.25, -0.2) is 0 Å². The Morgan fingerprint density at radius 3 is 1.82 bits per heavy atom. The third kappa shape index (κ3) is 15.4. The van der Waals surface area contributed by atoms with Crippen molar-refractivity contribution in [1.82, 2.24) is 0 Å². The van der Waals surface area contributed by atoms with E-state index in [2.05, 4.69) is 25.3 Å². The van der Waals surface area contributed by atoms with Gasteiger partial charge in [0.25, 0.3) is 10.1 Å². The van der Waals surface area contributed by atoms with Crippen molar-refractivity contribution in [2.75, 3.05) is 11.5 Å². The molecule has 0 heterocycles. The Hall–Kier alpha value is 2.61. The van der Waals surface area contributed by atoms with E-state index in [-0.39, 0.29) is 70.1 Å². The maximum absolute atomic E-state index is 10.1. The molecule has 0 aromatic rings. The molecule has 1 atom stereocenters. The van der Waals surface area contributed by atoms with Gasteiger partial charge < -0.3 is 0 Å². The molecule has 1 unspecified atom stereocenters. The summed E-state index contributed by atoms with van der Waals surface area (Å²) in [5.41, 5.74) is 0. The van der Waals surface area contributed by atoms with E-state index in [1.807, 2.05) is 0 Å². The maximum atomic E-state index is 10.1. The van der Waals surface area contributed by atoms with Crippen LogP contribution in [0.4, 0.5) is 0 Å². The van der Waals surface area contributed by atoms with Crippen LogP contribution in [0.3, 0.4) is 0 Å². The van der Waals surface area contributed by atoms with Gasteiger partial charge in [-0.3, -0.25) is 4.55 Å². The van der Waals surface area contributed by atoms with E-state index >= 15 is 0 Å². The molecule has 0 bridgehead atoms. The summed E-state index contributed by atoms with van der Waals surface area (Å²) in [7, 11) is -3.86. The summed E-state index contributed by atoms with van der Waals surface area (Å²) in [4.78, 5) is 0. The molecular formula is C3H8Na2O3S3. The van der Waals surface area contributed by atoms with E-state index in [1.54, 1.807) is 0 Å². The van der Waals surface area contributed by atoms with Gasteiger partial charge in [0.05, 0.1) is 5.75 Å². The van der Waals surface area contributed by atoms with Gasteiger partial charge in [0.2, 0.25) is 0 Å². The Morgan fingerprint density at radius 2 is 1.73 bits per heavy atom. The Labute approximate surface area is 122 Å². The molecular weight excluding hydrogens is 226 g/mol. The van der Waals surface area contributed by atoms with E-state index < -0.39 is 10.1 Å². The fourth-order valence-corrected chi connectivity index (χ4v) is 1.77. The zero-order chi connectivity index (χ0) is 7.49. The number of rotatable bonds is 3. The summed E-state index contributed by atoms with van der Waals surface area (Å²) in [6.07, 6.45) is 0. The summed E-state index contributed by atoms with van der Waals surface area (Å²) >= 11 is 7.58. The van der Waals surface area contributed by atoms with Crippen molar-refractivity contribution in [3.63, 3.8) is 0 Å². The van der Waals surface area contributed by atoms with Gasteiger partial charge in [0, 0.05) is 70.1 Å². The molecule has 0 aliphatic heterocycles. The van der Waals surface area contributed by atoms with Crippen LogP contribution in [0.15, 0.2) is 0 Å². The third-order valence-electron chi connectivity index (χ3n) is 0.614. The van der Waals surface area contributed by atoms with Crippen LogP contribution in [0.5, 0.6) is 0 Å². The van der Waals surface area contributed by atoms with Crippen LogP contribution in [-0.2, 0) is 10.1 Å². The summed E-state index contributed by atoms with van der Waals surface area (Å²) in [5, 5.41) is -0.386. The van der Waals surface area contributed by atoms with Crippen LogP contribution >= 0.6 is 25.3 Å². The Bertz CT molecular complexity index is 169. The van der Waals surface area contributed by atoms with Crippen LogP contribution < -0.4 is 0 Å². The maximum Gasteiger partial charge on any atom is 0.265 e. The fourth-order valence-electron chi connectivity index (χ4n) is 0.296. The first-order valence-corrected chi connectivity index (χ1v) is 4.95. The molecule has 0 aromatic carbocycles. The summed E-state index contributed by atoms with van der Waals surface area (Å²) < 4.78 is 28.4. The molecule has 8 heteroatoms. The normalized spacial score (nSPS) is 12.6. The van der Waals surface area contributed by atoms with Crippen LogP contribution in [0.25, 0.3) is 0 Å². The monoisotopic (exact) mass is 234 g/mol. The Balaban J connectivity index is -0.000000320. The van der Waals surface area contributed by atoms with Crippen LogP contribution in [-0.4, -0.2) is 88.8 Å². The van der Waals surface area contributed by atoms with E-state index in [4.69, 9.17) is 4.55 Å². The van der Waals surface area contributed by atoms with Gasteiger partial charge in [-0.05, 0) is 0 Å². The Morgan fingerprint density at radius 1 is 1.36 bits per heavy atom. The zero-order valence-electron chi connectivity index (χ0n) is 6.56. The molecule has 3 nitrogen and oxygen atoms in total. The van der Waals surface area contributed by atoms with Gasteiger partial charge in [-0.2, -0.15) is 33.7 Å². The van der Waals surface area contributed by atoms with Crippen molar-refractivity contribution in [1.29, 1.82) is 0 Å². The molecule has 0 spiro atoms. The second kappa shape index (κ2) is 9.18. The molecule has 0 saturated carbocycles. The first-order chi connectivity index (χ1) is 3.95. The standard InChI is InChI=1S/C3H8O3S3.2Na/c4-9(5,6)2-3(8)1-7;;/h3,7-8H,1-2H2,(H,4,5,6);;. The van der Waals surface area contributed by atoms with Gasteiger partial charge in [-0.15, -0.1) is 0 Å². The summed E-state index contributed by atoms with van der Waals surface area (Å²) in [6, 6.07) is 0. The number of thiol groups is 2. The second-order valence-electron chi connectivity index (χ2n) is 1.58. The molecule has 11 heavy (non-hydrogen) atoms. The van der Waals surface area contributed by atoms with Crippen molar-refractivity contribution in [3.05, 3.63) is 0 Å². The minimum Gasteiger partial charge on any atom is -0.286 e. The molecule has 0 aliphatic rings. The third-order valence-corrected chi connectivity index (χ3v) is 2.78. The van der Waals surface area contributed by atoms with Crippen molar-refractivity contribution in [3.8, 4) is 0 Å². The summed E-state index contributed by atoms with van der Waals surface area (Å²) in [6.45, 7) is 0. The quantitative estimate of drug-likeness (QED) is 0.345. The van der Waals surface area contributed by atoms with Crippen LogP contribution in [0, 0.1) is 0 Å². The van der Waals surface area contributed by atoms with Gasteiger partial charge in [0.15, 0.2) is 0 Å². The minimum absolute atomic E-state index is 0. The van der Waals surface area contributed by atoms with Gasteiger partial charge in [-0.1, -0.05) is 0 Å². The first kappa shape index (κ1) is 19.2. The smallest absolute Gasteiger partial charge is 0.265 e. The molecule has 0 amide bonds. The number of hydrogen-bond acceptors (Lipinski definition) is 4. The predicted octanol–water partition coefficient (Wildman–Crippen LogP) is -0.659. The van der Waals surface area contributed by atoms with E-state index in [9.17, 15) is 8.42 Å². The van der Waals surface area contributed by atoms with Crippen LogP contribution in [0.2, 0.25) is 0 Å². The number of hydrogen-bond donors (Lipinski definition) is 3. The van der Waals surface area contributed by atoms with E-state index in [1.165, 1.54) is 0 Å². The molecule has 1 N–H and O–H groups in total. The molecule has 0 aliphatic carbocycles. The zero-order valence-corrected chi connectivity index (χ0v) is 13.2. The van der Waals surface area contributed by atoms with Gasteiger partial charge in [0.1, 0.15) is 0 Å². The molecule has 2 radical (unpaired) electrons. The summed E-state index contributed by atoms with van der Waals surface area (Å²) in [5.74, 6) is 0.00249. The molecule has 0 rings (SSSR count). The average molecular weight is 234 g/mol. The Kier molecular flexibility index (Phi) is 16.0. The topological polar surface area (TPSA) is 54.4 Å². The van der Waals surface area contributed by atoms with Crippen molar-refractivity contribution < 1.29 is 13.0 Å². The first-order valence-electron chi connectivity index (χ1n) is 2.20.